The first kappa shape index (κ1) is 36.0. The average molecular weight is 840 g/mol. The zero-order chi connectivity index (χ0) is 43.6. The number of nitrogens with zero attached hydrogens (tertiary/aromatic N) is 7. The normalized spacial score (nSPS) is 11.9. The SMILES string of the molecule is [C-]#[N+]c1cc(C#N)cc(-c2c3nc(nc4[nH]c(nc5nc(nc6[nH]c2c2cc7ccccc7cc62)-c2cc6ccccc6cc2-5)c2cc5ccccc5cc42)-c2cc4ccccc4cc2-3)c1. The van der Waals surface area contributed by atoms with Gasteiger partial charge in [0.05, 0.1) is 23.9 Å². The number of hydrogen-bond donors (Lipinski definition) is 2. The lowest BCUT2D eigenvalue weighted by Gasteiger charge is -2.10. The Hall–Kier alpha value is -9.57. The van der Waals surface area contributed by atoms with E-state index in [0.717, 1.165) is 92.4 Å². The molecule has 0 aliphatic carbocycles. The number of aromatic nitrogens is 7. The summed E-state index contributed by atoms with van der Waals surface area (Å²) in [5.74, 6) is 1.56. The first-order chi connectivity index (χ1) is 32.5. The molecule has 8 bridgehead atoms. The summed E-state index contributed by atoms with van der Waals surface area (Å²) >= 11 is 0. The number of aromatic amines is 2. The van der Waals surface area contributed by atoms with E-state index in [4.69, 9.17) is 31.5 Å². The molecule has 0 spiro atoms. The van der Waals surface area contributed by atoms with Crippen LogP contribution >= 0.6 is 0 Å². The zero-order valence-electron chi connectivity index (χ0n) is 34.7. The van der Waals surface area contributed by atoms with Crippen molar-refractivity contribution in [1.82, 2.24) is 34.9 Å². The first-order valence-corrected chi connectivity index (χ1v) is 21.6. The van der Waals surface area contributed by atoms with Gasteiger partial charge in [0.1, 0.15) is 16.9 Å². The minimum Gasteiger partial charge on any atom is -0.339 e. The number of nitriles is 1. The highest BCUT2D eigenvalue weighted by Crippen LogP contribution is 2.47. The van der Waals surface area contributed by atoms with Gasteiger partial charge in [-0.05, 0) is 115 Å². The third-order valence-electron chi connectivity index (χ3n) is 13.1. The summed E-state index contributed by atoms with van der Waals surface area (Å²) in [5, 5.41) is 22.4. The Kier molecular flexibility index (Phi) is 7.34. The van der Waals surface area contributed by atoms with Gasteiger partial charge in [-0.3, -0.25) is 0 Å². The van der Waals surface area contributed by atoms with Crippen LogP contribution in [-0.2, 0) is 0 Å². The lowest BCUT2D eigenvalue weighted by molar-refractivity contribution is 1.21. The third-order valence-corrected chi connectivity index (χ3v) is 13.1. The molecule has 0 radical (unpaired) electrons. The molecule has 0 fully saturated rings. The summed E-state index contributed by atoms with van der Waals surface area (Å²) in [6.07, 6.45) is 0. The Morgan fingerprint density at radius 3 is 1.32 bits per heavy atom. The minimum absolute atomic E-state index is 0.342. The standard InChI is InChI=1S/C57H29N9/c1-59-40-19-30(29-58)18-39(20-40)49-50-41-21-31-10-2-4-12-33(31)23-43(41)52(60-50)62-54-45-25-35-14-6-8-16-37(35)27-47(45)56(64-54)66-57-48-28-38-17-9-7-15-36(38)26-46(48)55(65-57)63-53-44-24-34-13-5-3-11-32(34)22-42(44)51(49)61-53/h2-28H,(H2,60,61,62,63,64,65,66). The van der Waals surface area contributed by atoms with E-state index in [1.54, 1.807) is 6.07 Å². The second kappa shape index (κ2) is 13.5. The van der Waals surface area contributed by atoms with Crippen molar-refractivity contribution in [3.63, 3.8) is 0 Å². The highest BCUT2D eigenvalue weighted by Gasteiger charge is 2.27. The van der Waals surface area contributed by atoms with Crippen LogP contribution in [0.3, 0.4) is 0 Å². The van der Waals surface area contributed by atoms with E-state index in [1.807, 2.05) is 60.7 Å². The molecular weight excluding hydrogens is 811 g/mol. The van der Waals surface area contributed by atoms with E-state index in [1.165, 1.54) is 0 Å². The fourth-order valence-electron chi connectivity index (χ4n) is 9.96. The molecule has 66 heavy (non-hydrogen) atoms. The molecule has 2 aliphatic rings. The number of fused-ring (bicyclic) bond motifs is 24. The molecule has 0 amide bonds. The minimum atomic E-state index is 0.342. The van der Waals surface area contributed by atoms with Crippen molar-refractivity contribution in [3.8, 4) is 62.6 Å². The van der Waals surface area contributed by atoms with Crippen LogP contribution < -0.4 is 0 Å². The van der Waals surface area contributed by atoms with Crippen LogP contribution in [0.25, 0.3) is 148 Å². The molecule has 0 saturated heterocycles. The van der Waals surface area contributed by atoms with Crippen molar-refractivity contribution >= 4 is 92.8 Å². The quantitative estimate of drug-likeness (QED) is 0.159. The van der Waals surface area contributed by atoms with E-state index in [0.29, 0.717) is 62.5 Å². The largest absolute Gasteiger partial charge is 0.339 e. The van der Waals surface area contributed by atoms with Gasteiger partial charge in [0.2, 0.25) is 0 Å². The molecule has 9 nitrogen and oxygen atoms in total. The fourth-order valence-corrected chi connectivity index (χ4v) is 9.96. The molecule has 9 aromatic carbocycles. The number of H-pyrrole nitrogens is 2. The number of rotatable bonds is 1. The van der Waals surface area contributed by atoms with E-state index in [-0.39, 0.29) is 0 Å². The van der Waals surface area contributed by atoms with Gasteiger partial charge in [0, 0.05) is 54.9 Å². The van der Waals surface area contributed by atoms with Gasteiger partial charge in [-0.1, -0.05) is 97.1 Å². The molecule has 0 unspecified atom stereocenters. The van der Waals surface area contributed by atoms with Gasteiger partial charge in [-0.15, -0.1) is 0 Å². The highest BCUT2D eigenvalue weighted by atomic mass is 15.0. The van der Waals surface area contributed by atoms with Crippen LogP contribution in [0.15, 0.2) is 164 Å². The topological polar surface area (TPSA) is 124 Å². The highest BCUT2D eigenvalue weighted by molar-refractivity contribution is 6.18. The van der Waals surface area contributed by atoms with Gasteiger partial charge in [-0.2, -0.15) is 5.26 Å². The molecule has 2 aliphatic heterocycles. The smallest absolute Gasteiger partial charge is 0.189 e. The zero-order valence-corrected chi connectivity index (χ0v) is 34.7. The molecule has 0 atom stereocenters. The third kappa shape index (κ3) is 5.35. The summed E-state index contributed by atoms with van der Waals surface area (Å²) in [7, 11) is 0. The van der Waals surface area contributed by atoms with Crippen molar-refractivity contribution in [2.24, 2.45) is 0 Å². The predicted molar refractivity (Wildman–Crippen MR) is 265 cm³/mol. The lowest BCUT2D eigenvalue weighted by Crippen LogP contribution is -1.88. The van der Waals surface area contributed by atoms with Crippen LogP contribution in [0.1, 0.15) is 5.56 Å². The van der Waals surface area contributed by atoms with Crippen LogP contribution in [0.5, 0.6) is 0 Å². The second-order valence-electron chi connectivity index (χ2n) is 16.9. The maximum atomic E-state index is 10.4. The molecular formula is C57H29N9. The average Bonchev–Trinajstić information content (AvgIpc) is 4.08. The Labute approximate surface area is 374 Å². The van der Waals surface area contributed by atoms with Crippen LogP contribution in [0.2, 0.25) is 0 Å². The molecule has 5 heterocycles. The van der Waals surface area contributed by atoms with Gasteiger partial charge in [0.25, 0.3) is 0 Å². The predicted octanol–water partition coefficient (Wildman–Crippen LogP) is 14.2. The fraction of sp³-hybridized carbons (Fsp3) is 0. The Morgan fingerprint density at radius 1 is 0.424 bits per heavy atom. The van der Waals surface area contributed by atoms with Gasteiger partial charge < -0.3 is 9.97 Å². The van der Waals surface area contributed by atoms with E-state index in [9.17, 15) is 5.26 Å². The van der Waals surface area contributed by atoms with E-state index < -0.39 is 0 Å². The van der Waals surface area contributed by atoms with Crippen LogP contribution in [0.4, 0.5) is 5.69 Å². The van der Waals surface area contributed by atoms with Gasteiger partial charge in [0.15, 0.2) is 23.2 Å². The molecule has 9 heteroatoms. The monoisotopic (exact) mass is 839 g/mol. The molecule has 14 rings (SSSR count). The van der Waals surface area contributed by atoms with Crippen molar-refractivity contribution in [1.29, 1.82) is 5.26 Å². The summed E-state index contributed by atoms with van der Waals surface area (Å²) < 4.78 is 0. The lowest BCUT2D eigenvalue weighted by atomic mass is 9.93. The number of nitrogens with one attached hydrogen (secondary N) is 2. The first-order valence-electron chi connectivity index (χ1n) is 21.6. The molecule has 0 saturated carbocycles. The molecule has 2 N–H and O–H groups in total. The maximum Gasteiger partial charge on any atom is 0.189 e. The van der Waals surface area contributed by atoms with Crippen molar-refractivity contribution in [2.75, 3.05) is 0 Å². The summed E-state index contributed by atoms with van der Waals surface area (Å²) in [5.41, 5.74) is 8.72. The Bertz CT molecular complexity index is 4420. The van der Waals surface area contributed by atoms with Crippen LogP contribution in [0, 0.1) is 17.9 Å². The van der Waals surface area contributed by atoms with E-state index >= 15 is 0 Å². The summed E-state index contributed by atoms with van der Waals surface area (Å²) in [6.45, 7) is 8.12. The Balaban J connectivity index is 1.25. The number of hydrogen-bond acceptors (Lipinski definition) is 6. The van der Waals surface area contributed by atoms with E-state index in [2.05, 4.69) is 118 Å². The number of benzene rings is 9. The molecule has 3 aromatic heterocycles. The van der Waals surface area contributed by atoms with Gasteiger partial charge >= 0.3 is 0 Å². The molecule has 12 aromatic rings. The van der Waals surface area contributed by atoms with Crippen molar-refractivity contribution < 1.29 is 0 Å². The Morgan fingerprint density at radius 2 is 0.833 bits per heavy atom. The molecule has 302 valence electrons. The summed E-state index contributed by atoms with van der Waals surface area (Å²) in [4.78, 5) is 38.3. The van der Waals surface area contributed by atoms with Crippen molar-refractivity contribution in [3.05, 3.63) is 181 Å². The van der Waals surface area contributed by atoms with Crippen LogP contribution in [-0.4, -0.2) is 34.9 Å². The second-order valence-corrected chi connectivity index (χ2v) is 16.9. The van der Waals surface area contributed by atoms with Crippen molar-refractivity contribution in [2.45, 2.75) is 0 Å². The van der Waals surface area contributed by atoms with Gasteiger partial charge in [-0.25, -0.2) is 29.8 Å². The summed E-state index contributed by atoms with van der Waals surface area (Å²) in [6, 6.07) is 58.0. The maximum absolute atomic E-state index is 10.4.